The highest BCUT2D eigenvalue weighted by atomic mass is 16.5. The fourth-order valence-electron chi connectivity index (χ4n) is 2.06. The zero-order chi connectivity index (χ0) is 14.4. The molecule has 0 amide bonds. The van der Waals surface area contributed by atoms with Crippen LogP contribution in [0.3, 0.4) is 0 Å². The number of benzene rings is 1. The molecule has 0 aliphatic carbocycles. The third kappa shape index (κ3) is 3.70. The van der Waals surface area contributed by atoms with Gasteiger partial charge in [-0.2, -0.15) is 0 Å². The molecule has 0 saturated carbocycles. The number of rotatable bonds is 6. The van der Waals surface area contributed by atoms with E-state index in [0.717, 1.165) is 12.8 Å². The molecule has 1 aromatic carbocycles. The molecular weight excluding hydrogens is 252 g/mol. The number of carbonyl (C=O) groups is 1. The Kier molecular flexibility index (Phi) is 4.93. The van der Waals surface area contributed by atoms with Crippen molar-refractivity contribution >= 4 is 5.97 Å². The summed E-state index contributed by atoms with van der Waals surface area (Å²) in [6.07, 6.45) is 5.47. The monoisotopic (exact) mass is 272 g/mol. The zero-order valence-corrected chi connectivity index (χ0v) is 12.0. The summed E-state index contributed by atoms with van der Waals surface area (Å²) in [5, 5.41) is 0. The number of esters is 1. The quantitative estimate of drug-likeness (QED) is 0.758. The van der Waals surface area contributed by atoms with Crippen LogP contribution in [0.4, 0.5) is 0 Å². The molecular formula is C16H20N2O2. The van der Waals surface area contributed by atoms with Gasteiger partial charge in [-0.1, -0.05) is 30.3 Å². The second kappa shape index (κ2) is 6.89. The van der Waals surface area contributed by atoms with E-state index in [1.165, 1.54) is 5.56 Å². The number of imidazole rings is 1. The molecule has 20 heavy (non-hydrogen) atoms. The molecule has 0 N–H and O–H groups in total. The molecule has 4 heteroatoms. The molecule has 1 aromatic heterocycles. The van der Waals surface area contributed by atoms with Gasteiger partial charge >= 0.3 is 5.97 Å². The average Bonchev–Trinajstić information content (AvgIpc) is 2.96. The number of aromatic nitrogens is 2. The molecule has 0 unspecified atom stereocenters. The zero-order valence-electron chi connectivity index (χ0n) is 12.0. The van der Waals surface area contributed by atoms with Crippen molar-refractivity contribution in [2.75, 3.05) is 6.61 Å². The first-order valence-electron chi connectivity index (χ1n) is 6.95. The molecule has 0 spiro atoms. The van der Waals surface area contributed by atoms with Gasteiger partial charge in [-0.15, -0.1) is 0 Å². The Hall–Kier alpha value is -2.10. The predicted octanol–water partition coefficient (Wildman–Crippen LogP) is 3.25. The van der Waals surface area contributed by atoms with Crippen LogP contribution in [-0.2, 0) is 11.2 Å². The van der Waals surface area contributed by atoms with Gasteiger partial charge in [-0.3, -0.25) is 0 Å². The van der Waals surface area contributed by atoms with Crippen LogP contribution >= 0.6 is 0 Å². The van der Waals surface area contributed by atoms with Crippen LogP contribution in [0.1, 0.15) is 42.4 Å². The number of ether oxygens (including phenoxy) is 1. The van der Waals surface area contributed by atoms with Crippen LogP contribution in [-0.4, -0.2) is 22.1 Å². The number of aryl methyl sites for hydroxylation is 1. The molecule has 2 aromatic rings. The van der Waals surface area contributed by atoms with Gasteiger partial charge in [0, 0.05) is 12.2 Å². The third-order valence-electron chi connectivity index (χ3n) is 3.29. The Morgan fingerprint density at radius 1 is 1.35 bits per heavy atom. The minimum Gasteiger partial charge on any atom is -0.461 e. The lowest BCUT2D eigenvalue weighted by atomic mass is 10.1. The Bertz CT molecular complexity index is 549. The van der Waals surface area contributed by atoms with Gasteiger partial charge in [0.05, 0.1) is 12.9 Å². The van der Waals surface area contributed by atoms with E-state index in [1.807, 2.05) is 10.6 Å². The van der Waals surface area contributed by atoms with E-state index in [1.54, 1.807) is 19.4 Å². The van der Waals surface area contributed by atoms with Crippen LogP contribution in [0.25, 0.3) is 0 Å². The third-order valence-corrected chi connectivity index (χ3v) is 3.29. The summed E-state index contributed by atoms with van der Waals surface area (Å²) in [7, 11) is 0. The van der Waals surface area contributed by atoms with E-state index in [0.29, 0.717) is 18.3 Å². The minimum absolute atomic E-state index is 0.297. The number of nitrogens with zero attached hydrogens (tertiary/aromatic N) is 2. The van der Waals surface area contributed by atoms with Crippen molar-refractivity contribution in [1.82, 2.24) is 9.55 Å². The highest BCUT2D eigenvalue weighted by Crippen LogP contribution is 2.15. The Morgan fingerprint density at radius 3 is 2.80 bits per heavy atom. The van der Waals surface area contributed by atoms with Gasteiger partial charge in [0.1, 0.15) is 0 Å². The van der Waals surface area contributed by atoms with Crippen molar-refractivity contribution in [1.29, 1.82) is 0 Å². The highest BCUT2D eigenvalue weighted by Gasteiger charge is 2.12. The van der Waals surface area contributed by atoms with Crippen LogP contribution in [0, 0.1) is 0 Å². The van der Waals surface area contributed by atoms with Gasteiger partial charge in [-0.25, -0.2) is 9.78 Å². The Labute approximate surface area is 119 Å². The van der Waals surface area contributed by atoms with E-state index in [4.69, 9.17) is 4.74 Å². The largest absolute Gasteiger partial charge is 0.461 e. The summed E-state index contributed by atoms with van der Waals surface area (Å²) in [5.41, 5.74) is 1.70. The fourth-order valence-corrected chi connectivity index (χ4v) is 2.06. The number of carbonyl (C=O) groups excluding carboxylic acids is 1. The molecule has 0 bridgehead atoms. The molecule has 1 heterocycles. The second-order valence-electron chi connectivity index (χ2n) is 4.80. The van der Waals surface area contributed by atoms with Crippen molar-refractivity contribution in [2.24, 2.45) is 0 Å². The molecule has 1 atom stereocenters. The molecule has 2 rings (SSSR count). The highest BCUT2D eigenvalue weighted by molar-refractivity contribution is 5.86. The molecule has 0 radical (unpaired) electrons. The van der Waals surface area contributed by atoms with Crippen molar-refractivity contribution in [3.63, 3.8) is 0 Å². The van der Waals surface area contributed by atoms with Crippen LogP contribution in [0.15, 0.2) is 42.9 Å². The first-order chi connectivity index (χ1) is 9.70. The maximum atomic E-state index is 11.6. The smallest absolute Gasteiger partial charge is 0.358 e. The normalized spacial score (nSPS) is 12.1. The molecule has 106 valence electrons. The minimum atomic E-state index is -0.360. The van der Waals surface area contributed by atoms with Gasteiger partial charge in [0.2, 0.25) is 0 Å². The number of hydrogen-bond donors (Lipinski definition) is 0. The van der Waals surface area contributed by atoms with Crippen molar-refractivity contribution in [3.05, 3.63) is 54.1 Å². The topological polar surface area (TPSA) is 44.1 Å². The van der Waals surface area contributed by atoms with E-state index < -0.39 is 0 Å². The Morgan fingerprint density at radius 2 is 2.10 bits per heavy atom. The molecule has 4 nitrogen and oxygen atoms in total. The van der Waals surface area contributed by atoms with Gasteiger partial charge in [0.15, 0.2) is 5.69 Å². The van der Waals surface area contributed by atoms with Gasteiger partial charge in [-0.05, 0) is 32.3 Å². The van der Waals surface area contributed by atoms with Crippen LogP contribution < -0.4 is 0 Å². The molecule has 0 saturated heterocycles. The SMILES string of the molecule is CCOC(=O)c1cn([C@@H](C)CCc2ccccc2)cn1. The summed E-state index contributed by atoms with van der Waals surface area (Å²) in [5.74, 6) is -0.360. The Balaban J connectivity index is 1.92. The summed E-state index contributed by atoms with van der Waals surface area (Å²) in [6.45, 7) is 4.28. The standard InChI is InChI=1S/C16H20N2O2/c1-3-20-16(19)15-11-18(12-17-15)13(2)9-10-14-7-5-4-6-8-14/h4-8,11-13H,3,9-10H2,1-2H3/t13-/m0/s1. The maximum absolute atomic E-state index is 11.6. The predicted molar refractivity (Wildman–Crippen MR) is 77.7 cm³/mol. The van der Waals surface area contributed by atoms with Crippen molar-refractivity contribution in [2.45, 2.75) is 32.7 Å². The number of hydrogen-bond acceptors (Lipinski definition) is 3. The lowest BCUT2D eigenvalue weighted by Crippen LogP contribution is -2.06. The molecule has 0 aliphatic heterocycles. The van der Waals surface area contributed by atoms with E-state index in [2.05, 4.69) is 36.2 Å². The van der Waals surface area contributed by atoms with E-state index in [-0.39, 0.29) is 5.97 Å². The van der Waals surface area contributed by atoms with E-state index in [9.17, 15) is 4.79 Å². The summed E-state index contributed by atoms with van der Waals surface area (Å²) in [4.78, 5) is 15.7. The van der Waals surface area contributed by atoms with Crippen LogP contribution in [0.5, 0.6) is 0 Å². The van der Waals surface area contributed by atoms with Crippen LogP contribution in [0.2, 0.25) is 0 Å². The summed E-state index contributed by atoms with van der Waals surface area (Å²) in [6, 6.07) is 10.7. The van der Waals surface area contributed by atoms with Crippen molar-refractivity contribution in [3.8, 4) is 0 Å². The van der Waals surface area contributed by atoms with Crippen molar-refractivity contribution < 1.29 is 9.53 Å². The second-order valence-corrected chi connectivity index (χ2v) is 4.80. The molecule has 0 fully saturated rings. The lowest BCUT2D eigenvalue weighted by molar-refractivity contribution is 0.0520. The average molecular weight is 272 g/mol. The van der Waals surface area contributed by atoms with Gasteiger partial charge in [0.25, 0.3) is 0 Å². The summed E-state index contributed by atoms with van der Waals surface area (Å²) >= 11 is 0. The maximum Gasteiger partial charge on any atom is 0.358 e. The first kappa shape index (κ1) is 14.3. The summed E-state index contributed by atoms with van der Waals surface area (Å²) < 4.78 is 6.90. The lowest BCUT2D eigenvalue weighted by Gasteiger charge is -2.12. The molecule has 0 aliphatic rings. The first-order valence-corrected chi connectivity index (χ1v) is 6.95. The van der Waals surface area contributed by atoms with Gasteiger partial charge < -0.3 is 9.30 Å². The van der Waals surface area contributed by atoms with E-state index >= 15 is 0 Å². The fraction of sp³-hybridized carbons (Fsp3) is 0.375.